The minimum Gasteiger partial charge on any atom is -0.394 e. The first kappa shape index (κ1) is 19.9. The molecule has 23 heavy (non-hydrogen) atoms. The minimum atomic E-state index is -1.90. The number of aliphatic hydroxyl groups excluding tert-OH is 5. The molecule has 2 aliphatic heterocycles. The van der Waals surface area contributed by atoms with Crippen molar-refractivity contribution in [1.29, 1.82) is 0 Å². The fourth-order valence-corrected chi connectivity index (χ4v) is 3.37. The lowest BCUT2D eigenvalue weighted by molar-refractivity contribution is -0.357. The van der Waals surface area contributed by atoms with Crippen molar-refractivity contribution in [3.05, 3.63) is 0 Å². The normalized spacial score (nSPS) is 51.1. The Labute approximate surface area is 147 Å². The van der Waals surface area contributed by atoms with Gasteiger partial charge >= 0.3 is 0 Å². The second-order valence-electron chi connectivity index (χ2n) is 5.46. The van der Waals surface area contributed by atoms with Gasteiger partial charge in [0.15, 0.2) is 6.29 Å². The molecular formula is C12H19Cl3O8. The Morgan fingerprint density at radius 1 is 1.00 bits per heavy atom. The molecule has 0 aromatic carbocycles. The monoisotopic (exact) mass is 396 g/mol. The van der Waals surface area contributed by atoms with Crippen LogP contribution in [0.15, 0.2) is 0 Å². The van der Waals surface area contributed by atoms with Crippen LogP contribution in [0, 0.1) is 0 Å². The molecule has 2 rings (SSSR count). The third kappa shape index (κ3) is 3.58. The summed E-state index contributed by atoms with van der Waals surface area (Å²) in [4.78, 5) is 0. The average Bonchev–Trinajstić information content (AvgIpc) is 2.80. The van der Waals surface area contributed by atoms with Crippen LogP contribution in [0.25, 0.3) is 0 Å². The van der Waals surface area contributed by atoms with E-state index in [4.69, 9.17) is 49.0 Å². The van der Waals surface area contributed by atoms with Crippen molar-refractivity contribution in [3.8, 4) is 0 Å². The topological polar surface area (TPSA) is 129 Å². The van der Waals surface area contributed by atoms with Gasteiger partial charge in [-0.25, -0.2) is 0 Å². The molecule has 8 nitrogen and oxygen atoms in total. The quantitative estimate of drug-likeness (QED) is 0.349. The molecule has 0 spiro atoms. The molecule has 9 atom stereocenters. The highest BCUT2D eigenvalue weighted by atomic mass is 35.5. The van der Waals surface area contributed by atoms with Crippen LogP contribution in [-0.2, 0) is 14.2 Å². The van der Waals surface area contributed by atoms with E-state index in [2.05, 4.69) is 0 Å². The second kappa shape index (κ2) is 7.84. The molecule has 136 valence electrons. The molecule has 0 unspecified atom stereocenters. The number of hydrogen-bond acceptors (Lipinski definition) is 8. The van der Waals surface area contributed by atoms with E-state index in [0.29, 0.717) is 0 Å². The van der Waals surface area contributed by atoms with Crippen LogP contribution in [0.4, 0.5) is 0 Å². The average molecular weight is 398 g/mol. The largest absolute Gasteiger partial charge is 0.394 e. The van der Waals surface area contributed by atoms with E-state index in [9.17, 15) is 25.5 Å². The van der Waals surface area contributed by atoms with Gasteiger partial charge in [-0.1, -0.05) is 0 Å². The molecule has 0 saturated carbocycles. The van der Waals surface area contributed by atoms with Crippen LogP contribution >= 0.6 is 34.8 Å². The molecule has 0 aliphatic carbocycles. The van der Waals surface area contributed by atoms with Crippen molar-refractivity contribution < 1.29 is 39.7 Å². The highest BCUT2D eigenvalue weighted by Gasteiger charge is 2.58. The van der Waals surface area contributed by atoms with Crippen LogP contribution in [0.1, 0.15) is 0 Å². The third-order valence-electron chi connectivity index (χ3n) is 3.96. The van der Waals surface area contributed by atoms with Crippen molar-refractivity contribution in [2.24, 2.45) is 0 Å². The Balaban J connectivity index is 2.18. The molecule has 5 N–H and O–H groups in total. The zero-order valence-electron chi connectivity index (χ0n) is 11.8. The lowest BCUT2D eigenvalue weighted by Gasteiger charge is -2.43. The van der Waals surface area contributed by atoms with E-state index in [0.717, 1.165) is 0 Å². The number of hydrogen-bond donors (Lipinski definition) is 5. The van der Waals surface area contributed by atoms with Crippen LogP contribution in [0.2, 0.25) is 0 Å². The van der Waals surface area contributed by atoms with Gasteiger partial charge in [0.05, 0.1) is 23.7 Å². The summed E-state index contributed by atoms with van der Waals surface area (Å²) in [6, 6.07) is 0. The summed E-state index contributed by atoms with van der Waals surface area (Å²) in [6.07, 6.45) is -9.39. The van der Waals surface area contributed by atoms with E-state index >= 15 is 0 Å². The van der Waals surface area contributed by atoms with Crippen LogP contribution < -0.4 is 0 Å². The molecule has 0 aromatic rings. The highest BCUT2D eigenvalue weighted by Crippen LogP contribution is 2.37. The Bertz CT molecular complexity index is 403. The molecule has 0 amide bonds. The van der Waals surface area contributed by atoms with Crippen LogP contribution in [-0.4, -0.2) is 98.0 Å². The fraction of sp³-hybridized carbons (Fsp3) is 1.00. The number of ether oxygens (including phenoxy) is 3. The van der Waals surface area contributed by atoms with Gasteiger partial charge in [0.2, 0.25) is 5.79 Å². The Morgan fingerprint density at radius 3 is 2.13 bits per heavy atom. The molecule has 2 saturated heterocycles. The lowest BCUT2D eigenvalue weighted by atomic mass is 10.0. The maximum Gasteiger partial charge on any atom is 0.214 e. The molecule has 0 aromatic heterocycles. The molecule has 0 radical (unpaired) electrons. The van der Waals surface area contributed by atoms with Gasteiger partial charge in [0.25, 0.3) is 0 Å². The molecule has 0 bridgehead atoms. The summed E-state index contributed by atoms with van der Waals surface area (Å²) in [5.74, 6) is -2.43. The summed E-state index contributed by atoms with van der Waals surface area (Å²) < 4.78 is 16.1. The van der Waals surface area contributed by atoms with Crippen LogP contribution in [0.5, 0.6) is 0 Å². The Hall–Kier alpha value is 0.550. The first-order valence-corrected chi connectivity index (χ1v) is 8.42. The zero-order chi connectivity index (χ0) is 17.4. The fourth-order valence-electron chi connectivity index (χ4n) is 2.56. The Kier molecular flexibility index (Phi) is 6.77. The number of rotatable bonds is 5. The number of aliphatic hydroxyl groups is 5. The van der Waals surface area contributed by atoms with Gasteiger partial charge in [-0.15, -0.1) is 34.8 Å². The lowest BCUT2D eigenvalue weighted by Crippen LogP contribution is -2.61. The van der Waals surface area contributed by atoms with Crippen molar-refractivity contribution >= 4 is 34.8 Å². The van der Waals surface area contributed by atoms with E-state index in [-0.39, 0.29) is 5.88 Å². The van der Waals surface area contributed by atoms with Crippen molar-refractivity contribution in [2.45, 2.75) is 54.1 Å². The first-order chi connectivity index (χ1) is 10.8. The van der Waals surface area contributed by atoms with Gasteiger partial charge in [-0.05, 0) is 0 Å². The minimum absolute atomic E-state index is 0.125. The van der Waals surface area contributed by atoms with Gasteiger partial charge in [0.1, 0.15) is 36.6 Å². The van der Waals surface area contributed by atoms with E-state index in [1.54, 1.807) is 0 Å². The second-order valence-corrected chi connectivity index (χ2v) is 6.54. The number of alkyl halides is 3. The molecule has 2 fully saturated rings. The first-order valence-electron chi connectivity index (χ1n) is 6.91. The van der Waals surface area contributed by atoms with Crippen molar-refractivity contribution in [1.82, 2.24) is 0 Å². The summed E-state index contributed by atoms with van der Waals surface area (Å²) in [5, 5.41) is 48.1. The van der Waals surface area contributed by atoms with Gasteiger partial charge in [-0.3, -0.25) is 0 Å². The third-order valence-corrected chi connectivity index (χ3v) is 5.17. The van der Waals surface area contributed by atoms with Gasteiger partial charge in [-0.2, -0.15) is 0 Å². The molecule has 2 aliphatic rings. The van der Waals surface area contributed by atoms with Crippen molar-refractivity contribution in [2.75, 3.05) is 18.4 Å². The summed E-state index contributed by atoms with van der Waals surface area (Å²) in [7, 11) is 0. The summed E-state index contributed by atoms with van der Waals surface area (Å²) in [5.41, 5.74) is 0. The smallest absolute Gasteiger partial charge is 0.214 e. The Morgan fingerprint density at radius 2 is 1.65 bits per heavy atom. The summed E-state index contributed by atoms with van der Waals surface area (Å²) in [6.45, 7) is -0.526. The molecule has 11 heteroatoms. The maximum atomic E-state index is 10.1. The van der Waals surface area contributed by atoms with Crippen molar-refractivity contribution in [3.63, 3.8) is 0 Å². The zero-order valence-corrected chi connectivity index (χ0v) is 14.1. The van der Waals surface area contributed by atoms with E-state index < -0.39 is 66.6 Å². The number of halogens is 3. The predicted molar refractivity (Wildman–Crippen MR) is 79.5 cm³/mol. The SMILES string of the molecule is OC[C@@H]1O[C@H](O[C@]2(CCl)O[C@H](CCl)[C@H](O)[C@@H]2O)[C@H](O)[C@H](O)[C@H]1Cl. The van der Waals surface area contributed by atoms with Crippen LogP contribution in [0.3, 0.4) is 0 Å². The molecule has 2 heterocycles. The standard InChI is InChI=1S/C12H19Cl3O8/c13-1-4-7(17)10(20)12(3-14,22-4)23-11-9(19)8(18)6(15)5(2-16)21-11/h4-11,16-20H,1-3H2/t4-,5+,6+,7+,8-,9-,10+,11-,12+/m1/s1. The predicted octanol–water partition coefficient (Wildman–Crippen LogP) is -1.66. The molecular weight excluding hydrogens is 378 g/mol. The summed E-state index contributed by atoms with van der Waals surface area (Å²) >= 11 is 17.3. The van der Waals surface area contributed by atoms with E-state index in [1.807, 2.05) is 0 Å². The van der Waals surface area contributed by atoms with E-state index in [1.165, 1.54) is 0 Å². The maximum absolute atomic E-state index is 10.1. The van der Waals surface area contributed by atoms with Gasteiger partial charge < -0.3 is 39.7 Å². The highest BCUT2D eigenvalue weighted by molar-refractivity contribution is 6.21. The van der Waals surface area contributed by atoms with Gasteiger partial charge in [0, 0.05) is 0 Å².